The lowest BCUT2D eigenvalue weighted by molar-refractivity contribution is -0.384. The van der Waals surface area contributed by atoms with E-state index in [1.807, 2.05) is 24.8 Å². The van der Waals surface area contributed by atoms with Gasteiger partial charge in [0.05, 0.1) is 16.2 Å². The van der Waals surface area contributed by atoms with Crippen LogP contribution in [-0.4, -0.2) is 39.1 Å². The molecule has 0 radical (unpaired) electrons. The van der Waals surface area contributed by atoms with Crippen molar-refractivity contribution in [3.8, 4) is 0 Å². The van der Waals surface area contributed by atoms with Gasteiger partial charge in [-0.2, -0.15) is 4.98 Å². The molecule has 9 nitrogen and oxygen atoms in total. The van der Waals surface area contributed by atoms with Crippen LogP contribution in [0.25, 0.3) is 10.2 Å². The number of hydrogen-bond acceptors (Lipinski definition) is 8. The van der Waals surface area contributed by atoms with E-state index in [4.69, 9.17) is 9.97 Å². The molecule has 1 aromatic carbocycles. The van der Waals surface area contributed by atoms with Crippen LogP contribution in [0.2, 0.25) is 0 Å². The Bertz CT molecular complexity index is 1150. The van der Waals surface area contributed by atoms with Gasteiger partial charge in [-0.3, -0.25) is 14.9 Å². The lowest BCUT2D eigenvalue weighted by Crippen LogP contribution is -2.37. The van der Waals surface area contributed by atoms with E-state index >= 15 is 0 Å². The van der Waals surface area contributed by atoms with E-state index in [0.717, 1.165) is 26.2 Å². The van der Waals surface area contributed by atoms with E-state index in [1.165, 1.54) is 6.07 Å². The third-order valence-electron chi connectivity index (χ3n) is 5.73. The maximum atomic E-state index is 11.3. The topological polar surface area (TPSA) is 121 Å². The second-order valence-electron chi connectivity index (χ2n) is 7.72. The number of rotatable bonds is 6. The summed E-state index contributed by atoms with van der Waals surface area (Å²) in [5.74, 6) is 0.199. The van der Waals surface area contributed by atoms with Crippen molar-refractivity contribution in [1.29, 1.82) is 0 Å². The standard InChI is InChI=1S/C21H23N5O4S/c1-12-13(2)31-19-17(12)18(22-11-14-4-3-5-16(10-14)26(29)30)23-21(24-19)25-8-6-15(7-9-25)20(27)28/h3-5,10,15H,6-9,11H2,1-2H3,(H,27,28)(H,22,23,24). The normalized spacial score (nSPS) is 14.7. The van der Waals surface area contributed by atoms with Gasteiger partial charge in [-0.05, 0) is 37.8 Å². The number of thiophene rings is 1. The molecule has 0 atom stereocenters. The summed E-state index contributed by atoms with van der Waals surface area (Å²) in [5.41, 5.74) is 1.95. The molecule has 0 bridgehead atoms. The van der Waals surface area contributed by atoms with Crippen molar-refractivity contribution in [3.05, 3.63) is 50.4 Å². The van der Waals surface area contributed by atoms with Gasteiger partial charge in [0, 0.05) is 36.6 Å². The van der Waals surface area contributed by atoms with Crippen molar-refractivity contribution in [1.82, 2.24) is 9.97 Å². The van der Waals surface area contributed by atoms with Crippen LogP contribution >= 0.6 is 11.3 Å². The number of hydrogen-bond donors (Lipinski definition) is 2. The van der Waals surface area contributed by atoms with Gasteiger partial charge in [0.25, 0.3) is 5.69 Å². The van der Waals surface area contributed by atoms with Gasteiger partial charge in [-0.15, -0.1) is 11.3 Å². The number of piperidine rings is 1. The summed E-state index contributed by atoms with van der Waals surface area (Å²) >= 11 is 1.60. The first-order valence-corrected chi connectivity index (χ1v) is 10.9. The number of fused-ring (bicyclic) bond motifs is 1. The van der Waals surface area contributed by atoms with Crippen LogP contribution in [0, 0.1) is 29.9 Å². The maximum Gasteiger partial charge on any atom is 0.306 e. The molecule has 2 N–H and O–H groups in total. The van der Waals surface area contributed by atoms with Crippen molar-refractivity contribution in [2.45, 2.75) is 33.2 Å². The van der Waals surface area contributed by atoms with Gasteiger partial charge in [0.1, 0.15) is 10.6 Å². The van der Waals surface area contributed by atoms with Crippen LogP contribution in [0.5, 0.6) is 0 Å². The predicted octanol–water partition coefficient (Wildman–Crippen LogP) is 4.13. The van der Waals surface area contributed by atoms with Gasteiger partial charge in [-0.25, -0.2) is 4.98 Å². The van der Waals surface area contributed by atoms with E-state index in [0.29, 0.717) is 44.2 Å². The Labute approximate surface area is 182 Å². The van der Waals surface area contributed by atoms with Crippen LogP contribution in [0.1, 0.15) is 28.8 Å². The zero-order chi connectivity index (χ0) is 22.1. The van der Waals surface area contributed by atoms with E-state index in [1.54, 1.807) is 23.5 Å². The molecule has 1 aliphatic rings. The highest BCUT2D eigenvalue weighted by Crippen LogP contribution is 2.35. The van der Waals surface area contributed by atoms with Crippen molar-refractivity contribution in [3.63, 3.8) is 0 Å². The van der Waals surface area contributed by atoms with E-state index < -0.39 is 10.9 Å². The summed E-state index contributed by atoms with van der Waals surface area (Å²) in [5, 5.41) is 24.6. The van der Waals surface area contributed by atoms with Crippen LogP contribution in [-0.2, 0) is 11.3 Å². The maximum absolute atomic E-state index is 11.3. The molecule has 3 heterocycles. The van der Waals surface area contributed by atoms with Crippen LogP contribution in [0.3, 0.4) is 0 Å². The van der Waals surface area contributed by atoms with E-state index in [9.17, 15) is 20.0 Å². The summed E-state index contributed by atoms with van der Waals surface area (Å²) in [6, 6.07) is 6.52. The zero-order valence-electron chi connectivity index (χ0n) is 17.3. The monoisotopic (exact) mass is 441 g/mol. The Morgan fingerprint density at radius 3 is 2.74 bits per heavy atom. The lowest BCUT2D eigenvalue weighted by atomic mass is 9.97. The first-order valence-electron chi connectivity index (χ1n) is 10.1. The Hall–Kier alpha value is -3.27. The predicted molar refractivity (Wildman–Crippen MR) is 120 cm³/mol. The van der Waals surface area contributed by atoms with Crippen molar-refractivity contribution in [2.75, 3.05) is 23.3 Å². The van der Waals surface area contributed by atoms with Crippen LogP contribution < -0.4 is 10.2 Å². The summed E-state index contributed by atoms with van der Waals surface area (Å²) in [6.45, 7) is 5.66. The number of aliphatic carboxylic acids is 1. The fourth-order valence-electron chi connectivity index (χ4n) is 3.80. The number of carboxylic acid groups (broad SMARTS) is 1. The number of carboxylic acids is 1. The summed E-state index contributed by atoms with van der Waals surface area (Å²) in [7, 11) is 0. The van der Waals surface area contributed by atoms with Gasteiger partial charge in [0.2, 0.25) is 5.95 Å². The molecule has 162 valence electrons. The van der Waals surface area contributed by atoms with Gasteiger partial charge < -0.3 is 15.3 Å². The first kappa shape index (κ1) is 21.0. The minimum atomic E-state index is -0.750. The molecule has 0 spiro atoms. The summed E-state index contributed by atoms with van der Waals surface area (Å²) < 4.78 is 0. The number of nitro groups is 1. The smallest absolute Gasteiger partial charge is 0.306 e. The number of carbonyl (C=O) groups is 1. The lowest BCUT2D eigenvalue weighted by Gasteiger charge is -2.30. The van der Waals surface area contributed by atoms with Crippen molar-refractivity contribution >= 4 is 45.0 Å². The Kier molecular flexibility index (Phi) is 5.73. The minimum Gasteiger partial charge on any atom is -0.481 e. The highest BCUT2D eigenvalue weighted by atomic mass is 32.1. The molecule has 4 rings (SSSR count). The fourth-order valence-corrected chi connectivity index (χ4v) is 4.82. The molecule has 0 saturated carbocycles. The second kappa shape index (κ2) is 8.46. The molecule has 0 unspecified atom stereocenters. The van der Waals surface area contributed by atoms with Gasteiger partial charge in [0.15, 0.2) is 0 Å². The second-order valence-corrected chi connectivity index (χ2v) is 8.92. The molecule has 10 heteroatoms. The average Bonchev–Trinajstić information content (AvgIpc) is 3.05. The number of benzene rings is 1. The highest BCUT2D eigenvalue weighted by molar-refractivity contribution is 7.18. The Morgan fingerprint density at radius 1 is 1.32 bits per heavy atom. The number of nitrogens with zero attached hydrogens (tertiary/aromatic N) is 4. The molecule has 1 aliphatic heterocycles. The largest absolute Gasteiger partial charge is 0.481 e. The van der Waals surface area contributed by atoms with Crippen molar-refractivity contribution < 1.29 is 14.8 Å². The minimum absolute atomic E-state index is 0.0525. The fraction of sp³-hybridized carbons (Fsp3) is 0.381. The Morgan fingerprint density at radius 2 is 2.06 bits per heavy atom. The highest BCUT2D eigenvalue weighted by Gasteiger charge is 2.27. The molecular weight excluding hydrogens is 418 g/mol. The van der Waals surface area contributed by atoms with Crippen LogP contribution in [0.4, 0.5) is 17.5 Å². The summed E-state index contributed by atoms with van der Waals surface area (Å²) in [6.07, 6.45) is 1.13. The number of aromatic nitrogens is 2. The first-order chi connectivity index (χ1) is 14.8. The van der Waals surface area contributed by atoms with Gasteiger partial charge >= 0.3 is 5.97 Å². The molecule has 1 fully saturated rings. The van der Waals surface area contributed by atoms with Crippen molar-refractivity contribution in [2.24, 2.45) is 5.92 Å². The molecule has 3 aromatic rings. The number of non-ortho nitro benzene ring substituents is 1. The number of aryl methyl sites for hydroxylation is 2. The quantitative estimate of drug-likeness (QED) is 0.433. The number of nitrogens with one attached hydrogen (secondary N) is 1. The van der Waals surface area contributed by atoms with Crippen LogP contribution in [0.15, 0.2) is 24.3 Å². The molecular formula is C21H23N5O4S. The Balaban J connectivity index is 1.63. The molecule has 31 heavy (non-hydrogen) atoms. The summed E-state index contributed by atoms with van der Waals surface area (Å²) in [4.78, 5) is 35.5. The third kappa shape index (κ3) is 4.29. The average molecular weight is 442 g/mol. The van der Waals surface area contributed by atoms with E-state index in [2.05, 4.69) is 5.32 Å². The molecule has 0 amide bonds. The number of nitro benzene ring substituents is 1. The third-order valence-corrected chi connectivity index (χ3v) is 6.83. The van der Waals surface area contributed by atoms with Gasteiger partial charge in [-0.1, -0.05) is 12.1 Å². The molecule has 1 saturated heterocycles. The molecule has 0 aliphatic carbocycles. The van der Waals surface area contributed by atoms with E-state index in [-0.39, 0.29) is 11.6 Å². The molecule has 2 aromatic heterocycles. The zero-order valence-corrected chi connectivity index (χ0v) is 18.1. The number of anilines is 2. The SMILES string of the molecule is Cc1sc2nc(N3CCC(C(=O)O)CC3)nc(NCc3cccc([N+](=O)[O-])c3)c2c1C.